The van der Waals surface area contributed by atoms with Gasteiger partial charge in [0.2, 0.25) is 0 Å². The molecule has 1 aromatic heterocycles. The number of aromatic nitrogens is 2. The predicted octanol–water partition coefficient (Wildman–Crippen LogP) is 1.57. The third kappa shape index (κ3) is 1.25. The third-order valence-electron chi connectivity index (χ3n) is 1.98. The van der Waals surface area contributed by atoms with Crippen LogP contribution >= 0.6 is 11.8 Å². The molecule has 0 saturated heterocycles. The Morgan fingerprint density at radius 3 is 3.18 bits per heavy atom. The second kappa shape index (κ2) is 2.81. The number of hydrogen-bond donors (Lipinski definition) is 0. The molecule has 11 heavy (non-hydrogen) atoms. The molecular formula is C8H10N2S. The summed E-state index contributed by atoms with van der Waals surface area (Å²) in [6, 6.07) is 0. The van der Waals surface area contributed by atoms with Crippen LogP contribution in [0.2, 0.25) is 0 Å². The van der Waals surface area contributed by atoms with E-state index in [4.69, 9.17) is 0 Å². The largest absolute Gasteiger partial charge is 0.241 e. The van der Waals surface area contributed by atoms with Crippen molar-refractivity contribution in [1.29, 1.82) is 0 Å². The molecule has 0 radical (unpaired) electrons. The molecule has 0 amide bonds. The van der Waals surface area contributed by atoms with Crippen molar-refractivity contribution in [1.82, 2.24) is 9.97 Å². The molecule has 2 nitrogen and oxygen atoms in total. The molecule has 1 aliphatic heterocycles. The minimum atomic E-state index is 1.10. The molecule has 0 unspecified atom stereocenters. The maximum absolute atomic E-state index is 4.26. The lowest BCUT2D eigenvalue weighted by Crippen LogP contribution is -2.07. The number of thioether (sulfide) groups is 1. The molecular weight excluding hydrogens is 156 g/mol. The number of hydrogen-bond acceptors (Lipinski definition) is 3. The lowest BCUT2D eigenvalue weighted by atomic mass is 10.1. The van der Waals surface area contributed by atoms with Crippen molar-refractivity contribution >= 4 is 11.8 Å². The first-order valence-corrected chi connectivity index (χ1v) is 4.90. The summed E-state index contributed by atoms with van der Waals surface area (Å²) in [5, 5.41) is 0. The van der Waals surface area contributed by atoms with Crippen molar-refractivity contribution in [2.45, 2.75) is 19.1 Å². The molecule has 1 aromatic rings. The topological polar surface area (TPSA) is 25.8 Å². The van der Waals surface area contributed by atoms with E-state index in [0.717, 1.165) is 17.9 Å². The van der Waals surface area contributed by atoms with Crippen LogP contribution in [-0.4, -0.2) is 15.7 Å². The standard InChI is InChI=1S/C8H10N2S/c1-6-7-4-11-3-2-8(7)10-5-9-6/h5H,2-4H2,1H3. The SMILES string of the molecule is Cc1ncnc2c1CSCC2. The second-order valence-electron chi connectivity index (χ2n) is 2.69. The number of nitrogens with zero attached hydrogens (tertiary/aromatic N) is 2. The zero-order valence-corrected chi connectivity index (χ0v) is 7.32. The van der Waals surface area contributed by atoms with Gasteiger partial charge in [0.15, 0.2) is 0 Å². The summed E-state index contributed by atoms with van der Waals surface area (Å²) in [6.45, 7) is 2.06. The molecule has 0 atom stereocenters. The molecule has 0 fully saturated rings. The Balaban J connectivity index is 2.49. The van der Waals surface area contributed by atoms with Crippen molar-refractivity contribution in [2.75, 3.05) is 5.75 Å². The fourth-order valence-electron chi connectivity index (χ4n) is 1.30. The Bertz CT molecular complexity index is 273. The fraction of sp³-hybridized carbons (Fsp3) is 0.500. The number of rotatable bonds is 0. The molecule has 0 bridgehead atoms. The molecule has 0 N–H and O–H groups in total. The molecule has 0 saturated carbocycles. The molecule has 0 spiro atoms. The van der Waals surface area contributed by atoms with Gasteiger partial charge in [-0.2, -0.15) is 11.8 Å². The number of aryl methyl sites for hydroxylation is 2. The highest BCUT2D eigenvalue weighted by Gasteiger charge is 2.12. The normalized spacial score (nSPS) is 16.1. The van der Waals surface area contributed by atoms with Gasteiger partial charge in [0.25, 0.3) is 0 Å². The first-order chi connectivity index (χ1) is 5.38. The van der Waals surface area contributed by atoms with Gasteiger partial charge in [-0.3, -0.25) is 0 Å². The third-order valence-corrected chi connectivity index (χ3v) is 2.97. The highest BCUT2D eigenvalue weighted by Crippen LogP contribution is 2.23. The number of fused-ring (bicyclic) bond motifs is 1. The average Bonchev–Trinajstić information content (AvgIpc) is 2.06. The Hall–Kier alpha value is -0.570. The second-order valence-corrected chi connectivity index (χ2v) is 3.79. The van der Waals surface area contributed by atoms with Gasteiger partial charge in [-0.1, -0.05) is 0 Å². The van der Waals surface area contributed by atoms with E-state index in [1.807, 2.05) is 11.8 Å². The highest BCUT2D eigenvalue weighted by molar-refractivity contribution is 7.98. The quantitative estimate of drug-likeness (QED) is 0.585. The Labute approximate surface area is 70.4 Å². The summed E-state index contributed by atoms with van der Waals surface area (Å²) < 4.78 is 0. The van der Waals surface area contributed by atoms with Crippen LogP contribution in [0, 0.1) is 6.92 Å². The lowest BCUT2D eigenvalue weighted by Gasteiger charge is -2.14. The fourth-order valence-corrected chi connectivity index (χ4v) is 2.36. The van der Waals surface area contributed by atoms with Crippen molar-refractivity contribution in [3.05, 3.63) is 23.3 Å². The van der Waals surface area contributed by atoms with Gasteiger partial charge in [-0.15, -0.1) is 0 Å². The van der Waals surface area contributed by atoms with E-state index in [0.29, 0.717) is 0 Å². The van der Waals surface area contributed by atoms with Crippen molar-refractivity contribution < 1.29 is 0 Å². The van der Waals surface area contributed by atoms with Crippen LogP contribution < -0.4 is 0 Å². The molecule has 3 heteroatoms. The van der Waals surface area contributed by atoms with Crippen molar-refractivity contribution in [3.8, 4) is 0 Å². The molecule has 1 aliphatic rings. The zero-order valence-electron chi connectivity index (χ0n) is 6.50. The smallest absolute Gasteiger partial charge is 0.115 e. The van der Waals surface area contributed by atoms with Gasteiger partial charge < -0.3 is 0 Å². The molecule has 0 aromatic carbocycles. The van der Waals surface area contributed by atoms with Gasteiger partial charge in [-0.05, 0) is 19.1 Å². The monoisotopic (exact) mass is 166 g/mol. The van der Waals surface area contributed by atoms with E-state index in [9.17, 15) is 0 Å². The highest BCUT2D eigenvalue weighted by atomic mass is 32.2. The van der Waals surface area contributed by atoms with E-state index in [-0.39, 0.29) is 0 Å². The lowest BCUT2D eigenvalue weighted by molar-refractivity contribution is 0.928. The Morgan fingerprint density at radius 1 is 1.45 bits per heavy atom. The van der Waals surface area contributed by atoms with Gasteiger partial charge >= 0.3 is 0 Å². The van der Waals surface area contributed by atoms with Crippen LogP contribution in [0.1, 0.15) is 17.0 Å². The minimum absolute atomic E-state index is 1.10. The predicted molar refractivity (Wildman–Crippen MR) is 46.6 cm³/mol. The zero-order chi connectivity index (χ0) is 7.68. The first-order valence-electron chi connectivity index (χ1n) is 3.75. The van der Waals surface area contributed by atoms with E-state index >= 15 is 0 Å². The molecule has 2 rings (SSSR count). The van der Waals surface area contributed by atoms with Gasteiger partial charge in [0.05, 0.1) is 0 Å². The summed E-state index contributed by atoms with van der Waals surface area (Å²) in [7, 11) is 0. The maximum Gasteiger partial charge on any atom is 0.115 e. The molecule has 0 aliphatic carbocycles. The summed E-state index contributed by atoms with van der Waals surface area (Å²) in [5.41, 5.74) is 3.78. The van der Waals surface area contributed by atoms with E-state index in [1.54, 1.807) is 6.33 Å². The molecule has 58 valence electrons. The van der Waals surface area contributed by atoms with Crippen LogP contribution in [0.25, 0.3) is 0 Å². The van der Waals surface area contributed by atoms with Crippen LogP contribution in [0.4, 0.5) is 0 Å². The minimum Gasteiger partial charge on any atom is -0.241 e. The summed E-state index contributed by atoms with van der Waals surface area (Å²) in [6.07, 6.45) is 2.79. The van der Waals surface area contributed by atoms with Gasteiger partial charge in [0.1, 0.15) is 6.33 Å². The summed E-state index contributed by atoms with van der Waals surface area (Å²) in [5.74, 6) is 2.31. The average molecular weight is 166 g/mol. The van der Waals surface area contributed by atoms with Crippen LogP contribution in [0.15, 0.2) is 6.33 Å². The van der Waals surface area contributed by atoms with Gasteiger partial charge in [-0.25, -0.2) is 9.97 Å². The first kappa shape index (κ1) is 7.10. The Kier molecular flexibility index (Phi) is 1.82. The van der Waals surface area contributed by atoms with Crippen LogP contribution in [0.3, 0.4) is 0 Å². The molecule has 2 heterocycles. The maximum atomic E-state index is 4.26. The van der Waals surface area contributed by atoms with E-state index in [2.05, 4.69) is 16.9 Å². The van der Waals surface area contributed by atoms with Gasteiger partial charge in [0, 0.05) is 22.7 Å². The Morgan fingerprint density at radius 2 is 2.36 bits per heavy atom. The van der Waals surface area contributed by atoms with Crippen LogP contribution in [-0.2, 0) is 12.2 Å². The van der Waals surface area contributed by atoms with Crippen molar-refractivity contribution in [3.63, 3.8) is 0 Å². The van der Waals surface area contributed by atoms with E-state index in [1.165, 1.54) is 17.0 Å². The van der Waals surface area contributed by atoms with Crippen LogP contribution in [0.5, 0.6) is 0 Å². The van der Waals surface area contributed by atoms with Crippen molar-refractivity contribution in [2.24, 2.45) is 0 Å². The summed E-state index contributed by atoms with van der Waals surface area (Å²) in [4.78, 5) is 8.42. The summed E-state index contributed by atoms with van der Waals surface area (Å²) >= 11 is 1.97. The van der Waals surface area contributed by atoms with E-state index < -0.39 is 0 Å².